The van der Waals surface area contributed by atoms with Crippen molar-refractivity contribution in [2.75, 3.05) is 6.61 Å². The first-order valence-electron chi connectivity index (χ1n) is 6.62. The minimum Gasteiger partial charge on any atom is -0.493 e. The number of benzene rings is 1. The lowest BCUT2D eigenvalue weighted by molar-refractivity contribution is -0.141. The third kappa shape index (κ3) is 5.73. The summed E-state index contributed by atoms with van der Waals surface area (Å²) in [5.74, 6) is -0.133. The van der Waals surface area contributed by atoms with Crippen molar-refractivity contribution in [2.45, 2.75) is 33.2 Å². The molecule has 1 rings (SSSR count). The number of carbonyl (C=O) groups excluding carboxylic acids is 1. The first kappa shape index (κ1) is 16.0. The number of ether oxygens (including phenoxy) is 1. The van der Waals surface area contributed by atoms with Crippen LogP contribution in [-0.2, 0) is 16.0 Å². The van der Waals surface area contributed by atoms with E-state index in [0.717, 1.165) is 11.3 Å². The molecule has 0 fully saturated rings. The molecular weight excluding hydrogens is 258 g/mol. The molecule has 1 amide bonds. The highest BCUT2D eigenvalue weighted by atomic mass is 16.5. The maximum absolute atomic E-state index is 11.6. The molecule has 2 N–H and O–H groups in total. The molecule has 0 spiro atoms. The lowest BCUT2D eigenvalue weighted by atomic mass is 10.1. The molecule has 5 heteroatoms. The lowest BCUT2D eigenvalue weighted by Crippen LogP contribution is -2.39. The molecule has 5 nitrogen and oxygen atoms in total. The highest BCUT2D eigenvalue weighted by Crippen LogP contribution is 2.13. The maximum Gasteiger partial charge on any atom is 0.325 e. The number of hydrogen-bond acceptors (Lipinski definition) is 3. The van der Waals surface area contributed by atoms with E-state index in [9.17, 15) is 9.59 Å². The predicted octanol–water partition coefficient (Wildman–Crippen LogP) is 1.85. The molecular formula is C15H21NO4. The molecule has 0 aromatic heterocycles. The largest absolute Gasteiger partial charge is 0.493 e. The second-order valence-electron chi connectivity index (χ2n) is 5.15. The van der Waals surface area contributed by atoms with Crippen molar-refractivity contribution in [2.24, 2.45) is 5.92 Å². The number of carbonyl (C=O) groups is 2. The van der Waals surface area contributed by atoms with Crippen LogP contribution in [0.1, 0.15) is 26.3 Å². The minimum absolute atomic E-state index is 0.155. The number of amides is 1. The standard InChI is InChI=1S/C15H21NO4/c1-10(2)9-20-13-6-4-12(5-7-13)8-14(17)16-11(3)15(18)19/h4-7,10-11H,8-9H2,1-3H3,(H,16,17)(H,18,19)/t11-/m0/s1. The van der Waals surface area contributed by atoms with Crippen LogP contribution in [0.25, 0.3) is 0 Å². The van der Waals surface area contributed by atoms with Gasteiger partial charge in [0, 0.05) is 0 Å². The van der Waals surface area contributed by atoms with Crippen molar-refractivity contribution >= 4 is 11.9 Å². The van der Waals surface area contributed by atoms with Crippen molar-refractivity contribution < 1.29 is 19.4 Å². The summed E-state index contributed by atoms with van der Waals surface area (Å²) >= 11 is 0. The lowest BCUT2D eigenvalue weighted by Gasteiger charge is -2.10. The fourth-order valence-electron chi connectivity index (χ4n) is 1.51. The van der Waals surface area contributed by atoms with Gasteiger partial charge in [-0.1, -0.05) is 26.0 Å². The van der Waals surface area contributed by atoms with Crippen LogP contribution < -0.4 is 10.1 Å². The van der Waals surface area contributed by atoms with Crippen LogP contribution >= 0.6 is 0 Å². The molecule has 0 bridgehead atoms. The Labute approximate surface area is 118 Å². The number of carboxylic acids is 1. The fraction of sp³-hybridized carbons (Fsp3) is 0.467. The van der Waals surface area contributed by atoms with Crippen LogP contribution in [0, 0.1) is 5.92 Å². The molecule has 1 aromatic rings. The molecule has 1 aromatic carbocycles. The summed E-state index contributed by atoms with van der Waals surface area (Å²) in [6.45, 7) is 6.23. The van der Waals surface area contributed by atoms with Crippen molar-refractivity contribution in [3.05, 3.63) is 29.8 Å². The van der Waals surface area contributed by atoms with Gasteiger partial charge in [-0.25, -0.2) is 0 Å². The van der Waals surface area contributed by atoms with Gasteiger partial charge in [0.2, 0.25) is 5.91 Å². The average molecular weight is 279 g/mol. The average Bonchev–Trinajstić information content (AvgIpc) is 2.37. The van der Waals surface area contributed by atoms with E-state index in [2.05, 4.69) is 19.2 Å². The molecule has 0 aliphatic carbocycles. The van der Waals surface area contributed by atoms with Crippen molar-refractivity contribution in [3.63, 3.8) is 0 Å². The number of aliphatic carboxylic acids is 1. The number of carboxylic acid groups (broad SMARTS) is 1. The van der Waals surface area contributed by atoms with E-state index in [1.54, 1.807) is 12.1 Å². The predicted molar refractivity (Wildman–Crippen MR) is 75.7 cm³/mol. The quantitative estimate of drug-likeness (QED) is 0.798. The molecule has 110 valence electrons. The zero-order chi connectivity index (χ0) is 15.1. The van der Waals surface area contributed by atoms with Crippen LogP contribution in [0.5, 0.6) is 5.75 Å². The first-order valence-corrected chi connectivity index (χ1v) is 6.62. The van der Waals surface area contributed by atoms with Gasteiger partial charge in [0.05, 0.1) is 13.0 Å². The maximum atomic E-state index is 11.6. The molecule has 0 radical (unpaired) electrons. The minimum atomic E-state index is -1.05. The normalized spacial score (nSPS) is 12.0. The number of rotatable bonds is 7. The fourth-order valence-corrected chi connectivity index (χ4v) is 1.51. The van der Waals surface area contributed by atoms with E-state index in [0.29, 0.717) is 12.5 Å². The smallest absolute Gasteiger partial charge is 0.325 e. The van der Waals surface area contributed by atoms with Gasteiger partial charge in [0.15, 0.2) is 0 Å². The topological polar surface area (TPSA) is 75.6 Å². The van der Waals surface area contributed by atoms with Crippen LogP contribution in [0.4, 0.5) is 0 Å². The highest BCUT2D eigenvalue weighted by Gasteiger charge is 2.13. The second-order valence-corrected chi connectivity index (χ2v) is 5.15. The second kappa shape index (κ2) is 7.53. The first-order chi connectivity index (χ1) is 9.38. The summed E-state index contributed by atoms with van der Waals surface area (Å²) in [4.78, 5) is 22.2. The Bertz CT molecular complexity index is 453. The summed E-state index contributed by atoms with van der Waals surface area (Å²) < 4.78 is 5.55. The van der Waals surface area contributed by atoms with Crippen LogP contribution in [0.2, 0.25) is 0 Å². The van der Waals surface area contributed by atoms with E-state index in [1.165, 1.54) is 6.92 Å². The van der Waals surface area contributed by atoms with Gasteiger partial charge in [-0.15, -0.1) is 0 Å². The Morgan fingerprint density at radius 3 is 2.30 bits per heavy atom. The van der Waals surface area contributed by atoms with Gasteiger partial charge in [-0.3, -0.25) is 9.59 Å². The van der Waals surface area contributed by atoms with Crippen molar-refractivity contribution in [3.8, 4) is 5.75 Å². The summed E-state index contributed by atoms with van der Waals surface area (Å²) in [7, 11) is 0. The van der Waals surface area contributed by atoms with E-state index in [1.807, 2.05) is 12.1 Å². The Kier molecular flexibility index (Phi) is 6.03. The van der Waals surface area contributed by atoms with Crippen LogP contribution in [-0.4, -0.2) is 29.6 Å². The van der Waals surface area contributed by atoms with Gasteiger partial charge in [0.25, 0.3) is 0 Å². The zero-order valence-electron chi connectivity index (χ0n) is 12.1. The van der Waals surface area contributed by atoms with Crippen molar-refractivity contribution in [1.29, 1.82) is 0 Å². The molecule has 0 saturated heterocycles. The monoisotopic (exact) mass is 279 g/mol. The molecule has 0 saturated carbocycles. The van der Waals surface area contributed by atoms with Crippen LogP contribution in [0.15, 0.2) is 24.3 Å². The highest BCUT2D eigenvalue weighted by molar-refractivity contribution is 5.84. The Morgan fingerprint density at radius 1 is 1.20 bits per heavy atom. The number of hydrogen-bond donors (Lipinski definition) is 2. The number of nitrogens with one attached hydrogen (secondary N) is 1. The summed E-state index contributed by atoms with van der Waals surface area (Å²) in [5.41, 5.74) is 0.817. The van der Waals surface area contributed by atoms with E-state index < -0.39 is 12.0 Å². The summed E-state index contributed by atoms with van der Waals surface area (Å²) in [6.07, 6.45) is 0.155. The molecule has 0 aliphatic heterocycles. The van der Waals surface area contributed by atoms with Gasteiger partial charge < -0.3 is 15.2 Å². The third-order valence-corrected chi connectivity index (χ3v) is 2.62. The molecule has 0 aliphatic rings. The zero-order valence-corrected chi connectivity index (χ0v) is 12.1. The SMILES string of the molecule is CC(C)COc1ccc(CC(=O)N[C@@H](C)C(=O)O)cc1. The van der Waals surface area contributed by atoms with E-state index >= 15 is 0 Å². The molecule has 20 heavy (non-hydrogen) atoms. The van der Waals surface area contributed by atoms with E-state index in [-0.39, 0.29) is 12.3 Å². The van der Waals surface area contributed by atoms with Gasteiger partial charge in [-0.2, -0.15) is 0 Å². The summed E-state index contributed by atoms with van der Waals surface area (Å²) in [5, 5.41) is 11.1. The molecule has 0 unspecified atom stereocenters. The van der Waals surface area contributed by atoms with E-state index in [4.69, 9.17) is 9.84 Å². The Morgan fingerprint density at radius 2 is 1.80 bits per heavy atom. The third-order valence-electron chi connectivity index (χ3n) is 2.62. The van der Waals surface area contributed by atoms with Crippen molar-refractivity contribution in [1.82, 2.24) is 5.32 Å². The summed E-state index contributed by atoms with van der Waals surface area (Å²) in [6, 6.07) is 6.36. The Balaban J connectivity index is 2.48. The van der Waals surface area contributed by atoms with Crippen LogP contribution in [0.3, 0.4) is 0 Å². The molecule has 0 heterocycles. The Hall–Kier alpha value is -2.04. The van der Waals surface area contributed by atoms with Gasteiger partial charge >= 0.3 is 5.97 Å². The molecule has 1 atom stereocenters. The van der Waals surface area contributed by atoms with Gasteiger partial charge in [0.1, 0.15) is 11.8 Å². The van der Waals surface area contributed by atoms with Gasteiger partial charge in [-0.05, 0) is 30.5 Å².